The Hall–Kier alpha value is -3.63. The molecule has 31 heavy (non-hydrogen) atoms. The maximum atomic E-state index is 12.4. The highest BCUT2D eigenvalue weighted by Gasteiger charge is 2.17. The molecular weight excluding hydrogens is 394 g/mol. The molecule has 1 saturated heterocycles. The average Bonchev–Trinajstić information content (AvgIpc) is 2.82. The van der Waals surface area contributed by atoms with E-state index in [0.29, 0.717) is 43.3 Å². The predicted molar refractivity (Wildman–Crippen MR) is 117 cm³/mol. The van der Waals surface area contributed by atoms with Crippen LogP contribution in [0.25, 0.3) is 6.08 Å². The zero-order valence-electron chi connectivity index (χ0n) is 17.5. The van der Waals surface area contributed by atoms with Crippen molar-refractivity contribution in [2.24, 2.45) is 0 Å². The number of rotatable bonds is 7. The minimum Gasteiger partial charge on any atom is -0.484 e. The molecule has 3 rings (SSSR count). The molecule has 0 spiro atoms. The van der Waals surface area contributed by atoms with E-state index in [0.717, 1.165) is 6.42 Å². The number of hydrogen-bond acceptors (Lipinski definition) is 5. The standard InChI is InChI=1S/C24H25N3O4/c1-2-18-3-7-21(8-4-18)26-24(29)20(16-25)15-19-5-9-22(10-6-19)31-17-23(28)27-11-13-30-14-12-27/h3-10,15H,2,11-14,17H2,1H3,(H,26,29)/b20-15-. The second kappa shape index (κ2) is 11.0. The van der Waals surface area contributed by atoms with Crippen molar-refractivity contribution in [3.63, 3.8) is 0 Å². The molecule has 0 atom stereocenters. The van der Waals surface area contributed by atoms with Gasteiger partial charge in [-0.1, -0.05) is 31.2 Å². The summed E-state index contributed by atoms with van der Waals surface area (Å²) in [6.07, 6.45) is 2.43. The fourth-order valence-electron chi connectivity index (χ4n) is 3.05. The highest BCUT2D eigenvalue weighted by atomic mass is 16.5. The Bertz CT molecular complexity index is 969. The van der Waals surface area contributed by atoms with E-state index in [1.54, 1.807) is 29.2 Å². The first-order chi connectivity index (χ1) is 15.1. The van der Waals surface area contributed by atoms with E-state index in [-0.39, 0.29) is 18.1 Å². The fraction of sp³-hybridized carbons (Fsp3) is 0.292. The lowest BCUT2D eigenvalue weighted by Gasteiger charge is -2.26. The number of amides is 2. The van der Waals surface area contributed by atoms with Gasteiger partial charge in [0.2, 0.25) is 0 Å². The lowest BCUT2D eigenvalue weighted by atomic mass is 10.1. The van der Waals surface area contributed by atoms with Crippen molar-refractivity contribution in [1.29, 1.82) is 5.26 Å². The number of ether oxygens (including phenoxy) is 2. The summed E-state index contributed by atoms with van der Waals surface area (Å²) < 4.78 is 10.8. The van der Waals surface area contributed by atoms with Gasteiger partial charge in [-0.3, -0.25) is 9.59 Å². The van der Waals surface area contributed by atoms with E-state index in [1.165, 1.54) is 11.6 Å². The van der Waals surface area contributed by atoms with Gasteiger partial charge in [0.15, 0.2) is 6.61 Å². The number of carbonyl (C=O) groups is 2. The molecule has 0 bridgehead atoms. The number of nitrogens with one attached hydrogen (secondary N) is 1. The molecule has 0 aromatic heterocycles. The van der Waals surface area contributed by atoms with Crippen LogP contribution in [0.1, 0.15) is 18.1 Å². The van der Waals surface area contributed by atoms with E-state index in [1.807, 2.05) is 30.3 Å². The van der Waals surface area contributed by atoms with Gasteiger partial charge in [-0.15, -0.1) is 0 Å². The Balaban J connectivity index is 1.57. The lowest BCUT2D eigenvalue weighted by molar-refractivity contribution is -0.137. The van der Waals surface area contributed by atoms with Crippen LogP contribution in [0.3, 0.4) is 0 Å². The summed E-state index contributed by atoms with van der Waals surface area (Å²) in [5, 5.41) is 12.1. The molecule has 0 aliphatic carbocycles. The summed E-state index contributed by atoms with van der Waals surface area (Å²) >= 11 is 0. The molecule has 0 saturated carbocycles. The van der Waals surface area contributed by atoms with Crippen molar-refractivity contribution >= 4 is 23.6 Å². The molecular formula is C24H25N3O4. The summed E-state index contributed by atoms with van der Waals surface area (Å²) in [6.45, 7) is 4.26. The van der Waals surface area contributed by atoms with Crippen molar-refractivity contribution in [3.05, 3.63) is 65.2 Å². The van der Waals surface area contributed by atoms with Crippen LogP contribution >= 0.6 is 0 Å². The molecule has 1 aliphatic heterocycles. The third-order valence-corrected chi connectivity index (χ3v) is 4.90. The lowest BCUT2D eigenvalue weighted by Crippen LogP contribution is -2.42. The molecule has 0 radical (unpaired) electrons. The summed E-state index contributed by atoms with van der Waals surface area (Å²) in [7, 11) is 0. The number of anilines is 1. The highest BCUT2D eigenvalue weighted by molar-refractivity contribution is 6.09. The molecule has 0 unspecified atom stereocenters. The molecule has 2 aromatic rings. The third-order valence-electron chi connectivity index (χ3n) is 4.90. The van der Waals surface area contributed by atoms with Gasteiger partial charge >= 0.3 is 0 Å². The van der Waals surface area contributed by atoms with Crippen LogP contribution < -0.4 is 10.1 Å². The van der Waals surface area contributed by atoms with Gasteiger partial charge in [-0.2, -0.15) is 5.26 Å². The molecule has 7 nitrogen and oxygen atoms in total. The van der Waals surface area contributed by atoms with E-state index in [2.05, 4.69) is 12.2 Å². The summed E-state index contributed by atoms with van der Waals surface area (Å²) in [5.74, 6) is -0.0106. The van der Waals surface area contributed by atoms with E-state index in [4.69, 9.17) is 9.47 Å². The Labute approximate surface area is 181 Å². The van der Waals surface area contributed by atoms with Crippen molar-refractivity contribution in [1.82, 2.24) is 4.90 Å². The van der Waals surface area contributed by atoms with Crippen molar-refractivity contribution in [2.45, 2.75) is 13.3 Å². The van der Waals surface area contributed by atoms with E-state index in [9.17, 15) is 14.9 Å². The monoisotopic (exact) mass is 419 g/mol. The molecule has 2 aromatic carbocycles. The normalized spacial score (nSPS) is 13.9. The quantitative estimate of drug-likeness (QED) is 0.550. The van der Waals surface area contributed by atoms with Crippen LogP contribution in [0.5, 0.6) is 5.75 Å². The van der Waals surface area contributed by atoms with Crippen molar-refractivity contribution in [2.75, 3.05) is 38.2 Å². The number of hydrogen-bond donors (Lipinski definition) is 1. The molecule has 1 fully saturated rings. The van der Waals surface area contributed by atoms with Crippen LogP contribution in [-0.2, 0) is 20.7 Å². The fourth-order valence-corrected chi connectivity index (χ4v) is 3.05. The molecule has 160 valence electrons. The third kappa shape index (κ3) is 6.43. The van der Waals surface area contributed by atoms with Gasteiger partial charge in [0, 0.05) is 18.8 Å². The van der Waals surface area contributed by atoms with Gasteiger partial charge in [0.05, 0.1) is 13.2 Å². The summed E-state index contributed by atoms with van der Waals surface area (Å²) in [4.78, 5) is 26.3. The number of morpholine rings is 1. The minimum absolute atomic E-state index is 0.00395. The van der Waals surface area contributed by atoms with Crippen LogP contribution in [0.15, 0.2) is 54.1 Å². The first-order valence-corrected chi connectivity index (χ1v) is 10.2. The number of carbonyl (C=O) groups excluding carboxylic acids is 2. The zero-order valence-corrected chi connectivity index (χ0v) is 17.5. The van der Waals surface area contributed by atoms with Gasteiger partial charge in [-0.05, 0) is 47.9 Å². The first kappa shape index (κ1) is 22.1. The molecule has 7 heteroatoms. The SMILES string of the molecule is CCc1ccc(NC(=O)/C(C#N)=C\c2ccc(OCC(=O)N3CCOCC3)cc2)cc1. The molecule has 1 aliphatic rings. The number of nitriles is 1. The number of benzene rings is 2. The molecule has 1 N–H and O–H groups in total. The topological polar surface area (TPSA) is 91.7 Å². The minimum atomic E-state index is -0.469. The average molecular weight is 419 g/mol. The van der Waals surface area contributed by atoms with Gasteiger partial charge in [-0.25, -0.2) is 0 Å². The zero-order chi connectivity index (χ0) is 22.1. The molecule has 1 heterocycles. The summed E-state index contributed by atoms with van der Waals surface area (Å²) in [6, 6.07) is 16.3. The van der Waals surface area contributed by atoms with Crippen LogP contribution in [0.4, 0.5) is 5.69 Å². The largest absolute Gasteiger partial charge is 0.484 e. The van der Waals surface area contributed by atoms with E-state index < -0.39 is 5.91 Å². The molecule has 2 amide bonds. The highest BCUT2D eigenvalue weighted by Crippen LogP contribution is 2.16. The van der Waals surface area contributed by atoms with Gasteiger partial charge in [0.25, 0.3) is 11.8 Å². The number of aryl methyl sites for hydroxylation is 1. The Morgan fingerprint density at radius 1 is 1.13 bits per heavy atom. The predicted octanol–water partition coefficient (Wildman–Crippen LogP) is 3.03. The van der Waals surface area contributed by atoms with Crippen molar-refractivity contribution < 1.29 is 19.1 Å². The first-order valence-electron chi connectivity index (χ1n) is 10.2. The van der Waals surface area contributed by atoms with E-state index >= 15 is 0 Å². The maximum Gasteiger partial charge on any atom is 0.266 e. The van der Waals surface area contributed by atoms with Gasteiger partial charge in [0.1, 0.15) is 17.4 Å². The smallest absolute Gasteiger partial charge is 0.266 e. The Kier molecular flexibility index (Phi) is 7.79. The maximum absolute atomic E-state index is 12.4. The van der Waals surface area contributed by atoms with Crippen LogP contribution in [-0.4, -0.2) is 49.6 Å². The second-order valence-corrected chi connectivity index (χ2v) is 7.03. The number of nitrogens with zero attached hydrogens (tertiary/aromatic N) is 2. The second-order valence-electron chi connectivity index (χ2n) is 7.03. The van der Waals surface area contributed by atoms with Crippen LogP contribution in [0, 0.1) is 11.3 Å². The van der Waals surface area contributed by atoms with Crippen molar-refractivity contribution in [3.8, 4) is 11.8 Å². The van der Waals surface area contributed by atoms with Gasteiger partial charge < -0.3 is 19.7 Å². The Morgan fingerprint density at radius 3 is 2.42 bits per heavy atom. The van der Waals surface area contributed by atoms with Crippen LogP contribution in [0.2, 0.25) is 0 Å². The summed E-state index contributed by atoms with van der Waals surface area (Å²) in [5.41, 5.74) is 2.48. The Morgan fingerprint density at radius 2 is 1.81 bits per heavy atom.